The van der Waals surface area contributed by atoms with E-state index in [0.717, 1.165) is 51.4 Å². The molecule has 3 aliphatic carbocycles. The lowest BCUT2D eigenvalue weighted by Crippen LogP contribution is -2.59. The van der Waals surface area contributed by atoms with E-state index in [9.17, 15) is 24.0 Å². The zero-order chi connectivity index (χ0) is 30.4. The Morgan fingerprint density at radius 2 is 1.56 bits per heavy atom. The smallest absolute Gasteiger partial charge is 0.408 e. The SMILES string of the molecule is CC(C)(C)OC(=O)N[C@H](C(=O)N1C[C@]2(C[C@H]1C(=O)NC(CC1CCC1)C(=O)C(N)=O)CC21CCCCC1)C(C)(C)C. The molecule has 4 aliphatic rings. The normalized spacial score (nSPS) is 27.1. The van der Waals surface area contributed by atoms with Crippen LogP contribution < -0.4 is 16.4 Å². The Morgan fingerprint density at radius 1 is 0.927 bits per heavy atom. The summed E-state index contributed by atoms with van der Waals surface area (Å²) in [6, 6.07) is -2.74. The summed E-state index contributed by atoms with van der Waals surface area (Å²) in [4.78, 5) is 67.2. The number of nitrogens with two attached hydrogens (primary N) is 1. The van der Waals surface area contributed by atoms with Gasteiger partial charge in [0, 0.05) is 6.54 Å². The number of hydrogen-bond donors (Lipinski definition) is 3. The Balaban J connectivity index is 1.60. The van der Waals surface area contributed by atoms with E-state index < -0.39 is 52.8 Å². The molecule has 4 amide bonds. The summed E-state index contributed by atoms with van der Waals surface area (Å²) in [6.45, 7) is 11.3. The first-order valence-electron chi connectivity index (χ1n) is 15.4. The average Bonchev–Trinajstić information content (AvgIpc) is 3.21. The second-order valence-electron chi connectivity index (χ2n) is 15.3. The van der Waals surface area contributed by atoms with Gasteiger partial charge in [-0.1, -0.05) is 59.3 Å². The Morgan fingerprint density at radius 3 is 2.07 bits per heavy atom. The van der Waals surface area contributed by atoms with Crippen molar-refractivity contribution in [3.63, 3.8) is 0 Å². The molecule has 0 radical (unpaired) electrons. The maximum atomic E-state index is 14.3. The first kappa shape index (κ1) is 31.3. The first-order chi connectivity index (χ1) is 19.0. The standard InChI is InChI=1S/C31H50N4O6/c1-28(2,3)23(34-27(40)41-29(4,5)6)26(39)35-18-31(17-30(31)13-8-7-9-14-30)16-21(35)25(38)33-20(22(36)24(32)37)15-19-11-10-12-19/h19-21,23H,7-18H2,1-6H3,(H2,32,37)(H,33,38)(H,34,40)/t20?,21-,23+,31-/m0/s1. The lowest BCUT2D eigenvalue weighted by molar-refractivity contribution is -0.143. The van der Waals surface area contributed by atoms with Crippen molar-refractivity contribution >= 4 is 29.6 Å². The van der Waals surface area contributed by atoms with E-state index in [0.29, 0.717) is 19.4 Å². The van der Waals surface area contributed by atoms with Gasteiger partial charge in [-0.25, -0.2) is 4.79 Å². The van der Waals surface area contributed by atoms with Crippen LogP contribution in [0, 0.1) is 22.2 Å². The molecule has 41 heavy (non-hydrogen) atoms. The number of fused-ring (bicyclic) bond motifs is 1. The molecule has 3 saturated carbocycles. The second-order valence-corrected chi connectivity index (χ2v) is 15.3. The number of rotatable bonds is 8. The first-order valence-corrected chi connectivity index (χ1v) is 15.4. The van der Waals surface area contributed by atoms with E-state index >= 15 is 0 Å². The topological polar surface area (TPSA) is 148 Å². The number of ketones is 1. The van der Waals surface area contributed by atoms with Crippen LogP contribution in [0.15, 0.2) is 0 Å². The molecule has 0 bridgehead atoms. The highest BCUT2D eigenvalue weighted by molar-refractivity contribution is 6.37. The van der Waals surface area contributed by atoms with Gasteiger partial charge in [-0.2, -0.15) is 0 Å². The molecule has 10 heteroatoms. The summed E-state index contributed by atoms with van der Waals surface area (Å²) < 4.78 is 5.47. The number of nitrogens with one attached hydrogen (secondary N) is 2. The van der Waals surface area contributed by atoms with Crippen molar-refractivity contribution in [3.05, 3.63) is 0 Å². The molecule has 230 valence electrons. The lowest BCUT2D eigenvalue weighted by Gasteiger charge is -2.36. The van der Waals surface area contributed by atoms with Crippen LogP contribution in [0.25, 0.3) is 0 Å². The number of primary amides is 1. The average molecular weight is 575 g/mol. The van der Waals surface area contributed by atoms with Crippen LogP contribution in [0.1, 0.15) is 112 Å². The molecule has 2 spiro atoms. The third-order valence-corrected chi connectivity index (χ3v) is 9.95. The maximum Gasteiger partial charge on any atom is 0.408 e. The van der Waals surface area contributed by atoms with Crippen LogP contribution in [0.4, 0.5) is 4.79 Å². The molecule has 10 nitrogen and oxygen atoms in total. The molecular formula is C31H50N4O6. The number of likely N-dealkylation sites (tertiary alicyclic amines) is 1. The quantitative estimate of drug-likeness (QED) is 0.377. The van der Waals surface area contributed by atoms with Crippen molar-refractivity contribution in [3.8, 4) is 0 Å². The van der Waals surface area contributed by atoms with Crippen LogP contribution in [0.3, 0.4) is 0 Å². The number of amides is 4. The van der Waals surface area contributed by atoms with Gasteiger partial charge in [-0.3, -0.25) is 19.2 Å². The zero-order valence-corrected chi connectivity index (χ0v) is 25.8. The van der Waals surface area contributed by atoms with Crippen molar-refractivity contribution in [1.29, 1.82) is 0 Å². The Labute approximate surface area is 244 Å². The highest BCUT2D eigenvalue weighted by atomic mass is 16.6. The van der Waals surface area contributed by atoms with Gasteiger partial charge in [0.25, 0.3) is 5.91 Å². The van der Waals surface area contributed by atoms with Gasteiger partial charge >= 0.3 is 6.09 Å². The molecule has 1 saturated heterocycles. The summed E-state index contributed by atoms with van der Waals surface area (Å²) in [6.07, 6.45) is 9.79. The van der Waals surface area contributed by atoms with Crippen LogP contribution in [-0.4, -0.2) is 64.8 Å². The maximum absolute atomic E-state index is 14.3. The van der Waals surface area contributed by atoms with E-state index in [-0.39, 0.29) is 22.7 Å². The van der Waals surface area contributed by atoms with Gasteiger partial charge < -0.3 is 26.0 Å². The fraction of sp³-hybridized carbons (Fsp3) is 0.839. The van der Waals surface area contributed by atoms with Gasteiger partial charge in [0.15, 0.2) is 0 Å². The fourth-order valence-electron chi connectivity index (χ4n) is 7.47. The monoisotopic (exact) mass is 574 g/mol. The van der Waals surface area contributed by atoms with E-state index in [1.54, 1.807) is 25.7 Å². The molecule has 0 aromatic rings. The minimum atomic E-state index is -1.07. The Kier molecular flexibility index (Phi) is 8.56. The van der Waals surface area contributed by atoms with Crippen molar-refractivity contribution in [2.75, 3.05) is 6.54 Å². The predicted octanol–water partition coefficient (Wildman–Crippen LogP) is 3.60. The van der Waals surface area contributed by atoms with Crippen LogP contribution in [0.2, 0.25) is 0 Å². The summed E-state index contributed by atoms with van der Waals surface area (Å²) >= 11 is 0. The van der Waals surface area contributed by atoms with E-state index in [1.165, 1.54) is 6.42 Å². The van der Waals surface area contributed by atoms with Gasteiger partial charge in [0.05, 0.1) is 6.04 Å². The number of alkyl carbamates (subject to hydrolysis) is 1. The van der Waals surface area contributed by atoms with E-state index in [2.05, 4.69) is 10.6 Å². The summed E-state index contributed by atoms with van der Waals surface area (Å²) in [7, 11) is 0. The molecule has 4 fully saturated rings. The lowest BCUT2D eigenvalue weighted by atomic mass is 9.78. The number of carbonyl (C=O) groups is 5. The number of Topliss-reactive ketones (excluding diaryl/α,β-unsaturated/α-hetero) is 1. The number of nitrogens with zero attached hydrogens (tertiary/aromatic N) is 1. The molecule has 1 heterocycles. The summed E-state index contributed by atoms with van der Waals surface area (Å²) in [5, 5.41) is 5.62. The molecule has 0 aromatic carbocycles. The molecule has 4 rings (SSSR count). The van der Waals surface area contributed by atoms with Crippen molar-refractivity contribution in [2.24, 2.45) is 27.9 Å². The van der Waals surface area contributed by atoms with Crippen molar-refractivity contribution in [1.82, 2.24) is 15.5 Å². The highest BCUT2D eigenvalue weighted by Crippen LogP contribution is 2.74. The molecular weight excluding hydrogens is 524 g/mol. The third-order valence-electron chi connectivity index (χ3n) is 9.95. The number of carbonyl (C=O) groups excluding carboxylic acids is 5. The van der Waals surface area contributed by atoms with E-state index in [1.807, 2.05) is 20.8 Å². The molecule has 0 aromatic heterocycles. The largest absolute Gasteiger partial charge is 0.444 e. The van der Waals surface area contributed by atoms with Gasteiger partial charge in [-0.05, 0) is 75.0 Å². The van der Waals surface area contributed by atoms with Crippen molar-refractivity contribution < 1.29 is 28.7 Å². The van der Waals surface area contributed by atoms with Gasteiger partial charge in [0.2, 0.25) is 17.6 Å². The summed E-state index contributed by atoms with van der Waals surface area (Å²) in [5.74, 6) is -2.38. The Hall–Kier alpha value is -2.65. The van der Waals surface area contributed by atoms with Crippen molar-refractivity contribution in [2.45, 2.75) is 136 Å². The van der Waals surface area contributed by atoms with Gasteiger partial charge in [-0.15, -0.1) is 0 Å². The van der Waals surface area contributed by atoms with Crippen LogP contribution >= 0.6 is 0 Å². The third kappa shape index (κ3) is 6.72. The van der Waals surface area contributed by atoms with Crippen LogP contribution in [0.5, 0.6) is 0 Å². The molecule has 4 atom stereocenters. The zero-order valence-electron chi connectivity index (χ0n) is 25.8. The van der Waals surface area contributed by atoms with E-state index in [4.69, 9.17) is 10.5 Å². The minimum absolute atomic E-state index is 0.128. The molecule has 4 N–H and O–H groups in total. The van der Waals surface area contributed by atoms with Crippen LogP contribution in [-0.2, 0) is 23.9 Å². The number of hydrogen-bond acceptors (Lipinski definition) is 6. The highest BCUT2D eigenvalue weighted by Gasteiger charge is 2.71. The molecule has 1 unspecified atom stereocenters. The second kappa shape index (κ2) is 11.2. The predicted molar refractivity (Wildman–Crippen MR) is 153 cm³/mol. The molecule has 1 aliphatic heterocycles. The number of ether oxygens (including phenoxy) is 1. The van der Waals surface area contributed by atoms with Gasteiger partial charge in [0.1, 0.15) is 17.7 Å². The fourth-order valence-corrected chi connectivity index (χ4v) is 7.47. The minimum Gasteiger partial charge on any atom is -0.444 e. The Bertz CT molecular complexity index is 1070. The summed E-state index contributed by atoms with van der Waals surface area (Å²) in [5.41, 5.74) is 3.92.